The molecule has 1 saturated heterocycles. The fraction of sp³-hybridized carbons (Fsp3) is 0.647. The molecule has 3 heteroatoms. The van der Waals surface area contributed by atoms with Gasteiger partial charge in [-0.15, -0.1) is 0 Å². The topological polar surface area (TPSA) is 27.7 Å². The van der Waals surface area contributed by atoms with Gasteiger partial charge in [-0.2, -0.15) is 0 Å². The summed E-state index contributed by atoms with van der Waals surface area (Å²) in [7, 11) is 1.73. The predicted octanol–water partition coefficient (Wildman–Crippen LogP) is 4.45. The van der Waals surface area contributed by atoms with Crippen molar-refractivity contribution in [1.29, 1.82) is 0 Å². The fourth-order valence-electron chi connectivity index (χ4n) is 2.60. The molecule has 0 radical (unpaired) electrons. The van der Waals surface area contributed by atoms with Crippen molar-refractivity contribution in [3.05, 3.63) is 35.4 Å². The van der Waals surface area contributed by atoms with Crippen LogP contribution in [0, 0.1) is 10.8 Å². The van der Waals surface area contributed by atoms with Crippen molar-refractivity contribution >= 4 is 0 Å². The summed E-state index contributed by atoms with van der Waals surface area (Å²) >= 11 is 0. The fourth-order valence-corrected chi connectivity index (χ4v) is 2.60. The van der Waals surface area contributed by atoms with Gasteiger partial charge in [-0.1, -0.05) is 52.0 Å². The van der Waals surface area contributed by atoms with Gasteiger partial charge in [-0.25, -0.2) is 9.78 Å². The van der Waals surface area contributed by atoms with E-state index in [1.165, 1.54) is 0 Å². The molecule has 0 amide bonds. The highest BCUT2D eigenvalue weighted by molar-refractivity contribution is 5.32. The van der Waals surface area contributed by atoms with Gasteiger partial charge in [0.15, 0.2) is 0 Å². The molecule has 2 rings (SSSR count). The zero-order valence-corrected chi connectivity index (χ0v) is 13.4. The summed E-state index contributed by atoms with van der Waals surface area (Å²) in [6.45, 7) is 11.6. The van der Waals surface area contributed by atoms with Gasteiger partial charge in [0.05, 0.1) is 12.7 Å². The molecular weight excluding hydrogens is 252 g/mol. The SMILES string of the molecule is COC(C)c1ccccc1C1OOCC(C)(C)C1(C)C. The van der Waals surface area contributed by atoms with Crippen LogP contribution in [0.4, 0.5) is 0 Å². The molecule has 0 saturated carbocycles. The Labute approximate surface area is 122 Å². The van der Waals surface area contributed by atoms with E-state index in [1.807, 2.05) is 12.1 Å². The van der Waals surface area contributed by atoms with Crippen LogP contribution in [0.2, 0.25) is 0 Å². The molecule has 20 heavy (non-hydrogen) atoms. The highest BCUT2D eigenvalue weighted by Crippen LogP contribution is 2.53. The van der Waals surface area contributed by atoms with E-state index in [2.05, 4.69) is 46.8 Å². The van der Waals surface area contributed by atoms with Crippen LogP contribution >= 0.6 is 0 Å². The smallest absolute Gasteiger partial charge is 0.124 e. The molecule has 1 heterocycles. The van der Waals surface area contributed by atoms with Crippen molar-refractivity contribution in [3.8, 4) is 0 Å². The van der Waals surface area contributed by atoms with Crippen molar-refractivity contribution in [1.82, 2.24) is 0 Å². The number of hydrogen-bond donors (Lipinski definition) is 0. The molecule has 3 nitrogen and oxygen atoms in total. The summed E-state index contributed by atoms with van der Waals surface area (Å²) in [5, 5.41) is 0. The Bertz CT molecular complexity index is 465. The zero-order valence-electron chi connectivity index (χ0n) is 13.4. The first-order valence-electron chi connectivity index (χ1n) is 7.21. The maximum absolute atomic E-state index is 5.69. The minimum Gasteiger partial charge on any atom is -0.377 e. The van der Waals surface area contributed by atoms with Gasteiger partial charge >= 0.3 is 0 Å². The van der Waals surface area contributed by atoms with Gasteiger partial charge in [0, 0.05) is 12.5 Å². The number of ether oxygens (including phenoxy) is 1. The Hall–Kier alpha value is -0.900. The van der Waals surface area contributed by atoms with E-state index in [-0.39, 0.29) is 23.0 Å². The third-order valence-electron chi connectivity index (χ3n) is 5.05. The number of benzene rings is 1. The minimum absolute atomic E-state index is 0.0329. The normalized spacial score (nSPS) is 26.2. The lowest BCUT2D eigenvalue weighted by molar-refractivity contribution is -0.405. The van der Waals surface area contributed by atoms with Crippen LogP contribution in [0.15, 0.2) is 24.3 Å². The van der Waals surface area contributed by atoms with Gasteiger partial charge < -0.3 is 4.74 Å². The van der Waals surface area contributed by atoms with E-state index in [9.17, 15) is 0 Å². The van der Waals surface area contributed by atoms with Crippen LogP contribution in [-0.4, -0.2) is 13.7 Å². The minimum atomic E-state index is -0.0972. The summed E-state index contributed by atoms with van der Waals surface area (Å²) in [6.07, 6.45) is -0.0595. The molecule has 2 atom stereocenters. The van der Waals surface area contributed by atoms with Gasteiger partial charge in [0.2, 0.25) is 0 Å². The molecule has 0 bridgehead atoms. The lowest BCUT2D eigenvalue weighted by atomic mass is 9.63. The molecule has 0 N–H and O–H groups in total. The van der Waals surface area contributed by atoms with Crippen LogP contribution in [-0.2, 0) is 14.5 Å². The van der Waals surface area contributed by atoms with Crippen molar-refractivity contribution in [2.24, 2.45) is 10.8 Å². The van der Waals surface area contributed by atoms with Crippen LogP contribution in [0.25, 0.3) is 0 Å². The van der Waals surface area contributed by atoms with Crippen LogP contribution in [0.5, 0.6) is 0 Å². The Balaban J connectivity index is 2.45. The molecule has 1 aromatic carbocycles. The number of methoxy groups -OCH3 is 1. The largest absolute Gasteiger partial charge is 0.377 e. The molecule has 1 aromatic rings. The average Bonchev–Trinajstić information content (AvgIpc) is 2.41. The Morgan fingerprint density at radius 2 is 1.85 bits per heavy atom. The first-order valence-corrected chi connectivity index (χ1v) is 7.21. The van der Waals surface area contributed by atoms with Crippen molar-refractivity contribution in [2.45, 2.75) is 46.8 Å². The molecule has 112 valence electrons. The summed E-state index contributed by atoms with van der Waals surface area (Å²) in [6, 6.07) is 8.30. The second-order valence-electron chi connectivity index (χ2n) is 6.85. The second kappa shape index (κ2) is 5.47. The third-order valence-corrected chi connectivity index (χ3v) is 5.05. The highest BCUT2D eigenvalue weighted by Gasteiger charge is 2.49. The van der Waals surface area contributed by atoms with Crippen LogP contribution in [0.3, 0.4) is 0 Å². The first-order chi connectivity index (χ1) is 9.31. The van der Waals surface area contributed by atoms with Crippen LogP contribution < -0.4 is 0 Å². The average molecular weight is 278 g/mol. The zero-order chi connectivity index (χ0) is 15.0. The molecule has 0 spiro atoms. The van der Waals surface area contributed by atoms with E-state index >= 15 is 0 Å². The lowest BCUT2D eigenvalue weighted by Crippen LogP contribution is -2.46. The Morgan fingerprint density at radius 1 is 1.20 bits per heavy atom. The molecular formula is C17H26O3. The maximum atomic E-state index is 5.69. The standard InChI is InChI=1S/C17H26O3/c1-12(18-6)13-9-7-8-10-14(13)15-17(4,5)16(2,3)11-19-20-15/h7-10,12,15H,11H2,1-6H3. The van der Waals surface area contributed by atoms with Gasteiger partial charge in [0.25, 0.3) is 0 Å². The lowest BCUT2D eigenvalue weighted by Gasteiger charge is -2.49. The Kier molecular flexibility index (Phi) is 4.24. The monoisotopic (exact) mass is 278 g/mol. The first kappa shape index (κ1) is 15.5. The molecule has 1 fully saturated rings. The predicted molar refractivity (Wildman–Crippen MR) is 79.2 cm³/mol. The van der Waals surface area contributed by atoms with Gasteiger partial charge in [-0.3, -0.25) is 0 Å². The molecule has 0 aromatic heterocycles. The number of hydrogen-bond acceptors (Lipinski definition) is 3. The third kappa shape index (κ3) is 2.50. The second-order valence-corrected chi connectivity index (χ2v) is 6.85. The van der Waals surface area contributed by atoms with E-state index in [0.29, 0.717) is 6.61 Å². The van der Waals surface area contributed by atoms with Crippen molar-refractivity contribution in [3.63, 3.8) is 0 Å². The van der Waals surface area contributed by atoms with Crippen LogP contribution in [0.1, 0.15) is 58.0 Å². The quantitative estimate of drug-likeness (QED) is 0.765. The number of rotatable bonds is 3. The summed E-state index contributed by atoms with van der Waals surface area (Å²) in [5.74, 6) is 0. The molecule has 2 unspecified atom stereocenters. The van der Waals surface area contributed by atoms with Gasteiger partial charge in [0.1, 0.15) is 6.10 Å². The summed E-state index contributed by atoms with van der Waals surface area (Å²) < 4.78 is 5.49. The highest BCUT2D eigenvalue weighted by atomic mass is 17.2. The summed E-state index contributed by atoms with van der Waals surface area (Å²) in [5.41, 5.74) is 2.32. The molecule has 0 aliphatic carbocycles. The molecule has 1 aliphatic rings. The molecule has 1 aliphatic heterocycles. The Morgan fingerprint density at radius 3 is 2.50 bits per heavy atom. The summed E-state index contributed by atoms with van der Waals surface area (Å²) in [4.78, 5) is 11.1. The van der Waals surface area contributed by atoms with E-state index in [4.69, 9.17) is 14.5 Å². The van der Waals surface area contributed by atoms with Crippen molar-refractivity contribution in [2.75, 3.05) is 13.7 Å². The van der Waals surface area contributed by atoms with E-state index in [1.54, 1.807) is 7.11 Å². The van der Waals surface area contributed by atoms with E-state index in [0.717, 1.165) is 11.1 Å². The van der Waals surface area contributed by atoms with Gasteiger partial charge in [-0.05, 0) is 23.5 Å². The maximum Gasteiger partial charge on any atom is 0.124 e. The van der Waals surface area contributed by atoms with Crippen molar-refractivity contribution < 1.29 is 14.5 Å². The van der Waals surface area contributed by atoms with E-state index < -0.39 is 0 Å².